The lowest BCUT2D eigenvalue weighted by atomic mass is 10.2. The van der Waals surface area contributed by atoms with E-state index in [0.717, 1.165) is 6.07 Å². The number of aromatic nitrogens is 1. The Labute approximate surface area is 171 Å². The zero-order valence-electron chi connectivity index (χ0n) is 15.6. The summed E-state index contributed by atoms with van der Waals surface area (Å²) in [6.07, 6.45) is 0. The average molecular weight is 457 g/mol. The highest BCUT2D eigenvalue weighted by Crippen LogP contribution is 2.34. The van der Waals surface area contributed by atoms with Gasteiger partial charge < -0.3 is 21.6 Å². The minimum Gasteiger partial charge on any atom is -0.453 e. The number of anilines is 1. The van der Waals surface area contributed by atoms with Gasteiger partial charge in [-0.05, 0) is 12.1 Å². The first-order valence-electron chi connectivity index (χ1n) is 8.68. The average Bonchev–Trinajstić information content (AvgIpc) is 2.69. The van der Waals surface area contributed by atoms with Crippen LogP contribution in [-0.4, -0.2) is 48.0 Å². The van der Waals surface area contributed by atoms with Crippen LogP contribution in [0.15, 0.2) is 43.3 Å². The van der Waals surface area contributed by atoms with E-state index in [-0.39, 0.29) is 53.6 Å². The fourth-order valence-corrected chi connectivity index (χ4v) is 5.27. The molecule has 1 aromatic carbocycles. The predicted molar refractivity (Wildman–Crippen MR) is 110 cm³/mol. The van der Waals surface area contributed by atoms with Gasteiger partial charge in [-0.2, -0.15) is 0 Å². The maximum Gasteiger partial charge on any atom is 0.245 e. The lowest BCUT2D eigenvalue weighted by Crippen LogP contribution is -2.31. The van der Waals surface area contributed by atoms with Gasteiger partial charge in [0.1, 0.15) is 26.7 Å². The first-order chi connectivity index (χ1) is 14.1. The third-order valence-electron chi connectivity index (χ3n) is 4.06. The molecular formula is C16H20N6O6S2. The van der Waals surface area contributed by atoms with Crippen LogP contribution < -0.4 is 32.1 Å². The third-order valence-corrected chi connectivity index (χ3v) is 7.08. The van der Waals surface area contributed by atoms with Crippen molar-refractivity contribution in [1.82, 2.24) is 14.4 Å². The van der Waals surface area contributed by atoms with Gasteiger partial charge in [-0.1, -0.05) is 6.07 Å². The Hall–Kier alpha value is -2.62. The molecule has 0 unspecified atom stereocenters. The molecular weight excluding hydrogens is 436 g/mol. The van der Waals surface area contributed by atoms with Gasteiger partial charge >= 0.3 is 0 Å². The van der Waals surface area contributed by atoms with E-state index in [2.05, 4.69) is 14.4 Å². The van der Waals surface area contributed by atoms with E-state index in [1.807, 2.05) is 0 Å². The summed E-state index contributed by atoms with van der Waals surface area (Å²) in [6, 6.07) is 5.13. The number of sulfonamides is 2. The van der Waals surface area contributed by atoms with Crippen LogP contribution in [0.3, 0.4) is 0 Å². The molecule has 8 N–H and O–H groups in total. The molecule has 1 heterocycles. The highest BCUT2D eigenvalue weighted by Gasteiger charge is 2.30. The van der Waals surface area contributed by atoms with Crippen LogP contribution in [-0.2, 0) is 20.0 Å². The highest BCUT2D eigenvalue weighted by molar-refractivity contribution is 7.90. The summed E-state index contributed by atoms with van der Waals surface area (Å²) in [4.78, 5) is 15.6. The quantitative estimate of drug-likeness (QED) is 0.192. The van der Waals surface area contributed by atoms with Gasteiger partial charge in [0.25, 0.3) is 0 Å². The summed E-state index contributed by atoms with van der Waals surface area (Å²) < 4.78 is 60.8. The molecule has 3 rings (SSSR count). The molecule has 0 fully saturated rings. The Morgan fingerprint density at radius 2 is 1.63 bits per heavy atom. The molecule has 0 amide bonds. The Kier molecular flexibility index (Phi) is 6.07. The van der Waals surface area contributed by atoms with Crippen LogP contribution in [0, 0.1) is 0 Å². The summed E-state index contributed by atoms with van der Waals surface area (Å²) in [5.41, 5.74) is 14.7. The summed E-state index contributed by atoms with van der Waals surface area (Å²) in [5.74, 6) is -0.167. The largest absolute Gasteiger partial charge is 0.453 e. The molecule has 12 nitrogen and oxygen atoms in total. The molecule has 30 heavy (non-hydrogen) atoms. The van der Waals surface area contributed by atoms with Gasteiger partial charge in [-0.15, -0.1) is 0 Å². The van der Waals surface area contributed by atoms with Gasteiger partial charge in [0.15, 0.2) is 11.3 Å². The molecule has 0 saturated heterocycles. The van der Waals surface area contributed by atoms with Crippen molar-refractivity contribution < 1.29 is 21.3 Å². The zero-order chi connectivity index (χ0) is 22.1. The van der Waals surface area contributed by atoms with Crippen molar-refractivity contribution in [2.45, 2.75) is 9.79 Å². The number of benzene rings is 2. The van der Waals surface area contributed by atoms with E-state index in [1.165, 1.54) is 18.2 Å². The zero-order valence-corrected chi connectivity index (χ0v) is 17.2. The van der Waals surface area contributed by atoms with Crippen molar-refractivity contribution in [2.24, 2.45) is 11.5 Å². The first-order valence-corrected chi connectivity index (χ1v) is 11.6. The Morgan fingerprint density at radius 1 is 1.00 bits per heavy atom. The van der Waals surface area contributed by atoms with Crippen LogP contribution in [0.1, 0.15) is 0 Å². The molecule has 0 atom stereocenters. The SMILES string of the molecule is NCCNS(=O)(=O)c1c2nc3c(S(=O)(=O)NCCN)cccc3oc-2cc(=O)c1N. The van der Waals surface area contributed by atoms with Gasteiger partial charge in [0.2, 0.25) is 25.5 Å². The summed E-state index contributed by atoms with van der Waals surface area (Å²) >= 11 is 0. The number of para-hydroxylation sites is 1. The standard InChI is InChI=1S/C16H20N6O6S2/c17-4-6-20-29(24,25)12-3-1-2-10-14(12)22-15-11(28-10)8-9(23)13(19)16(15)30(26,27)21-7-5-18/h1-3,8,20-21H,4-7,17-19H2. The van der Waals surface area contributed by atoms with Crippen LogP contribution in [0.5, 0.6) is 0 Å². The van der Waals surface area contributed by atoms with Crippen LogP contribution in [0.4, 0.5) is 5.69 Å². The van der Waals surface area contributed by atoms with Gasteiger partial charge in [0.05, 0.1) is 0 Å². The monoisotopic (exact) mass is 456 g/mol. The van der Waals surface area contributed by atoms with E-state index < -0.39 is 36.1 Å². The van der Waals surface area contributed by atoms with Crippen molar-refractivity contribution in [1.29, 1.82) is 0 Å². The molecule has 1 aromatic rings. The number of hydrogen-bond acceptors (Lipinski definition) is 10. The molecule has 0 saturated carbocycles. The van der Waals surface area contributed by atoms with Gasteiger partial charge in [-0.3, -0.25) is 4.79 Å². The number of nitrogens with zero attached hydrogens (tertiary/aromatic N) is 1. The second-order valence-corrected chi connectivity index (χ2v) is 9.59. The molecule has 0 bridgehead atoms. The molecule has 0 radical (unpaired) electrons. The number of fused-ring (bicyclic) bond motifs is 2. The fraction of sp³-hybridized carbons (Fsp3) is 0.250. The van der Waals surface area contributed by atoms with E-state index in [9.17, 15) is 21.6 Å². The molecule has 14 heteroatoms. The number of nitrogens with one attached hydrogen (secondary N) is 2. The Morgan fingerprint density at radius 3 is 2.27 bits per heavy atom. The van der Waals surface area contributed by atoms with Crippen molar-refractivity contribution >= 4 is 36.8 Å². The number of nitrogen functional groups attached to an aromatic ring is 1. The van der Waals surface area contributed by atoms with E-state index in [4.69, 9.17) is 21.6 Å². The number of nitrogens with two attached hydrogens (primary N) is 3. The minimum atomic E-state index is -4.29. The van der Waals surface area contributed by atoms with Gasteiger partial charge in [0, 0.05) is 32.2 Å². The van der Waals surface area contributed by atoms with Gasteiger partial charge in [-0.25, -0.2) is 31.3 Å². The molecule has 162 valence electrons. The number of hydrogen-bond donors (Lipinski definition) is 5. The topological polar surface area (TPSA) is 214 Å². The first kappa shape index (κ1) is 22.1. The Balaban J connectivity index is 2.38. The minimum absolute atomic E-state index is 0.00404. The predicted octanol–water partition coefficient (Wildman–Crippen LogP) is -1.65. The summed E-state index contributed by atoms with van der Waals surface area (Å²) in [6.45, 7) is -0.0505. The highest BCUT2D eigenvalue weighted by atomic mass is 32.2. The maximum atomic E-state index is 12.7. The smallest absolute Gasteiger partial charge is 0.245 e. The van der Waals surface area contributed by atoms with Crippen molar-refractivity contribution in [3.63, 3.8) is 0 Å². The van der Waals surface area contributed by atoms with E-state index >= 15 is 0 Å². The second-order valence-electron chi connectivity index (χ2n) is 6.15. The van der Waals surface area contributed by atoms with E-state index in [1.54, 1.807) is 0 Å². The fourth-order valence-electron chi connectivity index (χ4n) is 2.75. The normalized spacial score (nSPS) is 12.6. The lowest BCUT2D eigenvalue weighted by molar-refractivity contribution is 0.577. The van der Waals surface area contributed by atoms with Crippen molar-refractivity contribution in [3.8, 4) is 11.5 Å². The van der Waals surface area contributed by atoms with Crippen molar-refractivity contribution in [3.05, 3.63) is 34.5 Å². The third kappa shape index (κ3) is 4.00. The lowest BCUT2D eigenvalue weighted by Gasteiger charge is -2.15. The van der Waals surface area contributed by atoms with Crippen LogP contribution in [0.25, 0.3) is 22.6 Å². The molecule has 0 aromatic heterocycles. The second kappa shape index (κ2) is 8.25. The molecule has 1 aliphatic heterocycles. The number of rotatable bonds is 8. The molecule has 2 aliphatic rings. The summed E-state index contributed by atoms with van der Waals surface area (Å²) in [5, 5.41) is 0. The molecule has 0 spiro atoms. The van der Waals surface area contributed by atoms with E-state index in [0.29, 0.717) is 0 Å². The van der Waals surface area contributed by atoms with Crippen molar-refractivity contribution in [2.75, 3.05) is 31.9 Å². The van der Waals surface area contributed by atoms with Crippen LogP contribution in [0.2, 0.25) is 0 Å². The molecule has 1 aliphatic carbocycles. The maximum absolute atomic E-state index is 12.7. The Bertz CT molecular complexity index is 1340. The van der Waals surface area contributed by atoms with Crippen LogP contribution >= 0.6 is 0 Å². The summed E-state index contributed by atoms with van der Waals surface area (Å²) in [7, 11) is -8.32.